The Bertz CT molecular complexity index is 383. The zero-order chi connectivity index (χ0) is 12.0. The molecule has 1 rings (SSSR count). The lowest BCUT2D eigenvalue weighted by Crippen LogP contribution is -2.18. The molecule has 0 amide bonds. The molecule has 1 aromatic rings. The molecule has 0 aliphatic heterocycles. The Kier molecular flexibility index (Phi) is 4.42. The van der Waals surface area contributed by atoms with Gasteiger partial charge < -0.3 is 9.84 Å². The molecule has 1 unspecified atom stereocenters. The number of benzene rings is 1. The summed E-state index contributed by atoms with van der Waals surface area (Å²) in [6.45, 7) is 3.37. The van der Waals surface area contributed by atoms with Gasteiger partial charge >= 0.3 is 5.97 Å². The van der Waals surface area contributed by atoms with Gasteiger partial charge in [0.1, 0.15) is 6.29 Å². The molecule has 0 aliphatic rings. The van der Waals surface area contributed by atoms with Crippen molar-refractivity contribution in [3.05, 3.63) is 48.0 Å². The van der Waals surface area contributed by atoms with Crippen molar-refractivity contribution in [2.75, 3.05) is 0 Å². The fourth-order valence-electron chi connectivity index (χ4n) is 1.08. The van der Waals surface area contributed by atoms with E-state index in [1.54, 1.807) is 30.3 Å². The molecule has 4 heteroatoms. The highest BCUT2D eigenvalue weighted by Gasteiger charge is 2.13. The fourth-order valence-corrected chi connectivity index (χ4v) is 1.08. The lowest BCUT2D eigenvalue weighted by atomic mass is 10.2. The first-order chi connectivity index (χ1) is 7.63. The van der Waals surface area contributed by atoms with E-state index in [2.05, 4.69) is 6.58 Å². The van der Waals surface area contributed by atoms with E-state index in [-0.39, 0.29) is 12.0 Å². The zero-order valence-electron chi connectivity index (χ0n) is 8.63. The van der Waals surface area contributed by atoms with E-state index in [4.69, 9.17) is 4.74 Å². The molecule has 0 fully saturated rings. The SMILES string of the molecule is C=C(C=O)CC(O)OC(=O)c1ccccc1. The first-order valence-electron chi connectivity index (χ1n) is 4.70. The van der Waals surface area contributed by atoms with Gasteiger partial charge in [0.15, 0.2) is 0 Å². The van der Waals surface area contributed by atoms with Crippen LogP contribution < -0.4 is 0 Å². The molecule has 16 heavy (non-hydrogen) atoms. The molecule has 0 spiro atoms. The minimum absolute atomic E-state index is 0.0813. The van der Waals surface area contributed by atoms with E-state index in [0.717, 1.165) is 0 Å². The Hall–Kier alpha value is -1.94. The van der Waals surface area contributed by atoms with Crippen LogP contribution in [0, 0.1) is 0 Å². The molecule has 84 valence electrons. The Labute approximate surface area is 93.2 Å². The largest absolute Gasteiger partial charge is 0.432 e. The highest BCUT2D eigenvalue weighted by molar-refractivity contribution is 5.89. The molecule has 0 bridgehead atoms. The molecule has 1 aromatic carbocycles. The maximum absolute atomic E-state index is 11.4. The van der Waals surface area contributed by atoms with Gasteiger partial charge in [0.2, 0.25) is 6.29 Å². The maximum atomic E-state index is 11.4. The Balaban J connectivity index is 2.52. The number of aldehydes is 1. The molecule has 1 N–H and O–H groups in total. The molecule has 0 heterocycles. The van der Waals surface area contributed by atoms with Gasteiger partial charge in [0, 0.05) is 6.42 Å². The third kappa shape index (κ3) is 3.67. The van der Waals surface area contributed by atoms with Crippen molar-refractivity contribution in [1.82, 2.24) is 0 Å². The molecular formula is C12H12O4. The number of carbonyl (C=O) groups is 2. The average molecular weight is 220 g/mol. The van der Waals surface area contributed by atoms with Crippen LogP contribution in [0.3, 0.4) is 0 Å². The molecule has 0 aromatic heterocycles. The van der Waals surface area contributed by atoms with Gasteiger partial charge in [-0.25, -0.2) is 4.79 Å². The Morgan fingerprint density at radius 1 is 1.44 bits per heavy atom. The van der Waals surface area contributed by atoms with Gasteiger partial charge in [-0.05, 0) is 17.7 Å². The standard InChI is InChI=1S/C12H12O4/c1-9(8-13)7-11(14)16-12(15)10-5-3-2-4-6-10/h2-6,8,11,14H,1,7H2. The molecule has 4 nitrogen and oxygen atoms in total. The van der Waals surface area contributed by atoms with Gasteiger partial charge in [-0.2, -0.15) is 0 Å². The Morgan fingerprint density at radius 3 is 2.62 bits per heavy atom. The fraction of sp³-hybridized carbons (Fsp3) is 0.167. The topological polar surface area (TPSA) is 63.6 Å². The minimum Gasteiger partial charge on any atom is -0.432 e. The predicted molar refractivity (Wildman–Crippen MR) is 57.7 cm³/mol. The summed E-state index contributed by atoms with van der Waals surface area (Å²) in [6, 6.07) is 8.29. The zero-order valence-corrected chi connectivity index (χ0v) is 8.63. The van der Waals surface area contributed by atoms with Gasteiger partial charge in [-0.1, -0.05) is 24.8 Å². The number of aliphatic hydroxyl groups excluding tert-OH is 1. The number of carbonyl (C=O) groups excluding carboxylic acids is 2. The third-order valence-corrected chi connectivity index (χ3v) is 1.86. The van der Waals surface area contributed by atoms with Crippen molar-refractivity contribution in [2.24, 2.45) is 0 Å². The smallest absolute Gasteiger partial charge is 0.340 e. The maximum Gasteiger partial charge on any atom is 0.340 e. The van der Waals surface area contributed by atoms with Crippen molar-refractivity contribution in [1.29, 1.82) is 0 Å². The first kappa shape index (κ1) is 12.1. The van der Waals surface area contributed by atoms with Crippen molar-refractivity contribution < 1.29 is 19.4 Å². The van der Waals surface area contributed by atoms with Gasteiger partial charge in [0.25, 0.3) is 0 Å². The van der Waals surface area contributed by atoms with Crippen LogP contribution in [-0.4, -0.2) is 23.7 Å². The quantitative estimate of drug-likeness (QED) is 0.351. The van der Waals surface area contributed by atoms with Crippen molar-refractivity contribution >= 4 is 12.3 Å². The van der Waals surface area contributed by atoms with E-state index in [1.807, 2.05) is 0 Å². The summed E-state index contributed by atoms with van der Waals surface area (Å²) in [6.07, 6.45) is -0.910. The molecule has 0 aliphatic carbocycles. The van der Waals surface area contributed by atoms with Gasteiger partial charge in [-0.15, -0.1) is 0 Å². The lowest BCUT2D eigenvalue weighted by Gasteiger charge is -2.11. The van der Waals surface area contributed by atoms with E-state index in [0.29, 0.717) is 11.8 Å². The molecule has 1 atom stereocenters. The number of ether oxygens (including phenoxy) is 1. The second-order valence-electron chi connectivity index (χ2n) is 3.21. The minimum atomic E-state index is -1.34. The molecule has 0 saturated heterocycles. The van der Waals surface area contributed by atoms with Crippen LogP contribution in [0.15, 0.2) is 42.5 Å². The lowest BCUT2D eigenvalue weighted by molar-refractivity contribution is -0.106. The Morgan fingerprint density at radius 2 is 2.06 bits per heavy atom. The average Bonchev–Trinajstić information content (AvgIpc) is 2.29. The van der Waals surface area contributed by atoms with Crippen molar-refractivity contribution in [3.8, 4) is 0 Å². The van der Waals surface area contributed by atoms with Crippen LogP contribution in [0.25, 0.3) is 0 Å². The van der Waals surface area contributed by atoms with Gasteiger partial charge in [0.05, 0.1) is 5.56 Å². The summed E-state index contributed by atoms with van der Waals surface area (Å²) in [5.74, 6) is -0.633. The third-order valence-electron chi connectivity index (χ3n) is 1.86. The second kappa shape index (κ2) is 5.82. The molecule has 0 radical (unpaired) electrons. The predicted octanol–water partition coefficient (Wildman–Crippen LogP) is 1.31. The monoisotopic (exact) mass is 220 g/mol. The summed E-state index contributed by atoms with van der Waals surface area (Å²) >= 11 is 0. The molecule has 0 saturated carbocycles. The number of aliphatic hydroxyl groups is 1. The second-order valence-corrected chi connectivity index (χ2v) is 3.21. The number of hydrogen-bond donors (Lipinski definition) is 1. The van der Waals surface area contributed by atoms with E-state index in [1.165, 1.54) is 0 Å². The van der Waals surface area contributed by atoms with Crippen molar-refractivity contribution in [3.63, 3.8) is 0 Å². The highest BCUT2D eigenvalue weighted by Crippen LogP contribution is 2.07. The number of esters is 1. The van der Waals surface area contributed by atoms with Crippen LogP contribution in [0.4, 0.5) is 0 Å². The summed E-state index contributed by atoms with van der Waals surface area (Å²) in [7, 11) is 0. The van der Waals surface area contributed by atoms with E-state index in [9.17, 15) is 14.7 Å². The van der Waals surface area contributed by atoms with E-state index >= 15 is 0 Å². The van der Waals surface area contributed by atoms with Crippen LogP contribution in [0.2, 0.25) is 0 Å². The summed E-state index contributed by atoms with van der Waals surface area (Å²) in [5.41, 5.74) is 0.520. The van der Waals surface area contributed by atoms with E-state index < -0.39 is 12.3 Å². The first-order valence-corrected chi connectivity index (χ1v) is 4.70. The number of rotatable bonds is 5. The van der Waals surface area contributed by atoms with Crippen LogP contribution in [0.1, 0.15) is 16.8 Å². The van der Waals surface area contributed by atoms with Crippen LogP contribution in [-0.2, 0) is 9.53 Å². The highest BCUT2D eigenvalue weighted by atomic mass is 16.6. The number of hydrogen-bond acceptors (Lipinski definition) is 4. The normalized spacial score (nSPS) is 11.6. The summed E-state index contributed by atoms with van der Waals surface area (Å²) in [4.78, 5) is 21.7. The molecular weight excluding hydrogens is 208 g/mol. The van der Waals surface area contributed by atoms with Crippen LogP contribution >= 0.6 is 0 Å². The van der Waals surface area contributed by atoms with Crippen LogP contribution in [0.5, 0.6) is 0 Å². The van der Waals surface area contributed by atoms with Crippen molar-refractivity contribution in [2.45, 2.75) is 12.7 Å². The van der Waals surface area contributed by atoms with Gasteiger partial charge in [-0.3, -0.25) is 4.79 Å². The summed E-state index contributed by atoms with van der Waals surface area (Å²) < 4.78 is 4.71. The summed E-state index contributed by atoms with van der Waals surface area (Å²) in [5, 5.41) is 9.32.